The lowest BCUT2D eigenvalue weighted by Gasteiger charge is -2.34. The number of hydrogen-bond acceptors (Lipinski definition) is 5. The fourth-order valence-electron chi connectivity index (χ4n) is 2.64. The van der Waals surface area contributed by atoms with Crippen LogP contribution < -0.4 is 4.90 Å². The van der Waals surface area contributed by atoms with Crippen LogP contribution in [0.3, 0.4) is 0 Å². The van der Waals surface area contributed by atoms with E-state index in [9.17, 15) is 9.90 Å². The van der Waals surface area contributed by atoms with Gasteiger partial charge in [-0.25, -0.2) is 4.98 Å². The Morgan fingerprint density at radius 2 is 2.00 bits per heavy atom. The number of aromatic nitrogens is 1. The van der Waals surface area contributed by atoms with Crippen LogP contribution in [0.25, 0.3) is 0 Å². The number of rotatable bonds is 4. The summed E-state index contributed by atoms with van der Waals surface area (Å²) in [6, 6.07) is 7.19. The molecule has 0 radical (unpaired) electrons. The van der Waals surface area contributed by atoms with Crippen LogP contribution in [0.5, 0.6) is 5.75 Å². The molecule has 3 rings (SSSR count). The minimum atomic E-state index is 0.155. The van der Waals surface area contributed by atoms with E-state index in [1.165, 1.54) is 0 Å². The molecule has 2 heterocycles. The number of thiazole rings is 1. The molecule has 0 unspecified atom stereocenters. The summed E-state index contributed by atoms with van der Waals surface area (Å²) in [5.41, 5.74) is 0.831. The van der Waals surface area contributed by atoms with Crippen molar-refractivity contribution in [3.05, 3.63) is 41.4 Å². The van der Waals surface area contributed by atoms with Gasteiger partial charge in [0.1, 0.15) is 5.75 Å². The maximum absolute atomic E-state index is 12.3. The number of carbonyl (C=O) groups excluding carboxylic acids is 1. The van der Waals surface area contributed by atoms with E-state index in [4.69, 9.17) is 0 Å². The van der Waals surface area contributed by atoms with E-state index in [1.54, 1.807) is 23.5 Å². The fourth-order valence-corrected chi connectivity index (χ4v) is 3.34. The van der Waals surface area contributed by atoms with E-state index in [-0.39, 0.29) is 11.7 Å². The van der Waals surface area contributed by atoms with E-state index in [0.29, 0.717) is 12.8 Å². The second kappa shape index (κ2) is 6.79. The fraction of sp³-hybridized carbons (Fsp3) is 0.375. The molecule has 22 heavy (non-hydrogen) atoms. The molecule has 0 bridgehead atoms. The Morgan fingerprint density at radius 3 is 2.68 bits per heavy atom. The topological polar surface area (TPSA) is 56.7 Å². The summed E-state index contributed by atoms with van der Waals surface area (Å²) in [5, 5.41) is 12.7. The van der Waals surface area contributed by atoms with Gasteiger partial charge in [0.25, 0.3) is 0 Å². The summed E-state index contributed by atoms with van der Waals surface area (Å²) in [6.45, 7) is 3.13. The van der Waals surface area contributed by atoms with E-state index in [0.717, 1.165) is 36.9 Å². The molecule has 0 saturated carbocycles. The third kappa shape index (κ3) is 3.39. The molecule has 1 fully saturated rings. The predicted molar refractivity (Wildman–Crippen MR) is 87.3 cm³/mol. The van der Waals surface area contributed by atoms with E-state index in [2.05, 4.69) is 9.88 Å². The Morgan fingerprint density at radius 1 is 1.23 bits per heavy atom. The summed E-state index contributed by atoms with van der Waals surface area (Å²) < 4.78 is 0. The van der Waals surface area contributed by atoms with Crippen LogP contribution in [-0.2, 0) is 11.2 Å². The van der Waals surface area contributed by atoms with Gasteiger partial charge in [-0.2, -0.15) is 0 Å². The molecule has 0 spiro atoms. The van der Waals surface area contributed by atoms with Crippen molar-refractivity contribution in [3.63, 3.8) is 0 Å². The Bertz CT molecular complexity index is 622. The molecule has 1 aromatic carbocycles. The number of amides is 1. The monoisotopic (exact) mass is 317 g/mol. The van der Waals surface area contributed by atoms with Gasteiger partial charge in [0, 0.05) is 44.2 Å². The predicted octanol–water partition coefficient (Wildman–Crippen LogP) is 2.13. The van der Waals surface area contributed by atoms with Gasteiger partial charge in [0.15, 0.2) is 5.13 Å². The molecular formula is C16H19N3O2S. The number of aromatic hydroxyl groups is 1. The highest BCUT2D eigenvalue weighted by molar-refractivity contribution is 7.13. The molecule has 1 N–H and O–H groups in total. The number of anilines is 1. The van der Waals surface area contributed by atoms with Crippen molar-refractivity contribution in [2.24, 2.45) is 0 Å². The number of phenols is 1. The molecule has 1 aromatic heterocycles. The van der Waals surface area contributed by atoms with Gasteiger partial charge < -0.3 is 14.9 Å². The number of aryl methyl sites for hydroxylation is 1. The van der Waals surface area contributed by atoms with Gasteiger partial charge in [0.05, 0.1) is 0 Å². The zero-order valence-electron chi connectivity index (χ0n) is 12.3. The average Bonchev–Trinajstić information content (AvgIpc) is 3.08. The van der Waals surface area contributed by atoms with Crippen molar-refractivity contribution < 1.29 is 9.90 Å². The number of phenolic OH excluding ortho intramolecular Hbond substituents is 1. The molecule has 2 aromatic rings. The van der Waals surface area contributed by atoms with Crippen LogP contribution in [0.1, 0.15) is 12.0 Å². The molecule has 5 nitrogen and oxygen atoms in total. The second-order valence-electron chi connectivity index (χ2n) is 5.31. The van der Waals surface area contributed by atoms with Gasteiger partial charge in [-0.1, -0.05) is 18.2 Å². The van der Waals surface area contributed by atoms with Crippen molar-refractivity contribution in [1.29, 1.82) is 0 Å². The maximum atomic E-state index is 12.3. The maximum Gasteiger partial charge on any atom is 0.223 e. The Labute approximate surface area is 133 Å². The average molecular weight is 317 g/mol. The van der Waals surface area contributed by atoms with Crippen molar-refractivity contribution >= 4 is 22.4 Å². The first-order chi connectivity index (χ1) is 10.7. The minimum absolute atomic E-state index is 0.155. The van der Waals surface area contributed by atoms with Crippen molar-refractivity contribution in [2.45, 2.75) is 12.8 Å². The standard InChI is InChI=1S/C16H19N3O2S/c20-14-4-2-1-3-13(14)5-6-15(21)18-8-10-19(11-9-18)16-17-7-12-22-16/h1-4,7,12,20H,5-6,8-11H2. The third-order valence-corrected chi connectivity index (χ3v) is 4.75. The summed E-state index contributed by atoms with van der Waals surface area (Å²) >= 11 is 1.63. The van der Waals surface area contributed by atoms with Gasteiger partial charge >= 0.3 is 0 Å². The van der Waals surface area contributed by atoms with E-state index >= 15 is 0 Å². The zero-order valence-corrected chi connectivity index (χ0v) is 13.1. The first kappa shape index (κ1) is 14.8. The smallest absolute Gasteiger partial charge is 0.223 e. The lowest BCUT2D eigenvalue weighted by molar-refractivity contribution is -0.131. The van der Waals surface area contributed by atoms with Crippen molar-refractivity contribution in [3.8, 4) is 5.75 Å². The molecule has 116 valence electrons. The van der Waals surface area contributed by atoms with Gasteiger partial charge in [0.2, 0.25) is 5.91 Å². The van der Waals surface area contributed by atoms with Gasteiger partial charge in [-0.15, -0.1) is 11.3 Å². The lowest BCUT2D eigenvalue weighted by atomic mass is 10.1. The lowest BCUT2D eigenvalue weighted by Crippen LogP contribution is -2.48. The molecule has 1 saturated heterocycles. The number of carbonyl (C=O) groups is 1. The van der Waals surface area contributed by atoms with Crippen LogP contribution >= 0.6 is 11.3 Å². The Hall–Kier alpha value is -2.08. The SMILES string of the molecule is O=C(CCc1ccccc1O)N1CCN(c2nccs2)CC1. The van der Waals surface area contributed by atoms with Crippen LogP contribution in [0.4, 0.5) is 5.13 Å². The number of nitrogens with zero attached hydrogens (tertiary/aromatic N) is 3. The first-order valence-corrected chi connectivity index (χ1v) is 8.31. The summed E-state index contributed by atoms with van der Waals surface area (Å²) in [7, 11) is 0. The molecular weight excluding hydrogens is 298 g/mol. The van der Waals surface area contributed by atoms with Gasteiger partial charge in [-0.3, -0.25) is 4.79 Å². The first-order valence-electron chi connectivity index (χ1n) is 7.43. The van der Waals surface area contributed by atoms with Crippen molar-refractivity contribution in [2.75, 3.05) is 31.1 Å². The zero-order chi connectivity index (χ0) is 15.4. The molecule has 0 atom stereocenters. The third-order valence-electron chi connectivity index (χ3n) is 3.92. The normalized spacial score (nSPS) is 15.1. The highest BCUT2D eigenvalue weighted by Crippen LogP contribution is 2.20. The summed E-state index contributed by atoms with van der Waals surface area (Å²) in [4.78, 5) is 20.7. The van der Waals surface area contributed by atoms with E-state index in [1.807, 2.05) is 28.6 Å². The van der Waals surface area contributed by atoms with Crippen molar-refractivity contribution in [1.82, 2.24) is 9.88 Å². The van der Waals surface area contributed by atoms with Crippen LogP contribution in [0.2, 0.25) is 0 Å². The summed E-state index contributed by atoms with van der Waals surface area (Å²) in [6.07, 6.45) is 2.83. The highest BCUT2D eigenvalue weighted by Gasteiger charge is 2.22. The highest BCUT2D eigenvalue weighted by atomic mass is 32.1. The largest absolute Gasteiger partial charge is 0.508 e. The van der Waals surface area contributed by atoms with Crippen LogP contribution in [0, 0.1) is 0 Å². The van der Waals surface area contributed by atoms with Gasteiger partial charge in [-0.05, 0) is 18.1 Å². The number of piperazine rings is 1. The molecule has 1 aliphatic heterocycles. The Balaban J connectivity index is 1.49. The molecule has 6 heteroatoms. The molecule has 0 aliphatic carbocycles. The molecule has 1 amide bonds. The quantitative estimate of drug-likeness (QED) is 0.938. The number of para-hydroxylation sites is 1. The number of hydrogen-bond donors (Lipinski definition) is 1. The molecule has 1 aliphatic rings. The number of benzene rings is 1. The minimum Gasteiger partial charge on any atom is -0.508 e. The second-order valence-corrected chi connectivity index (χ2v) is 6.18. The Kier molecular flexibility index (Phi) is 4.58. The van der Waals surface area contributed by atoms with Crippen LogP contribution in [0.15, 0.2) is 35.8 Å². The van der Waals surface area contributed by atoms with E-state index < -0.39 is 0 Å². The summed E-state index contributed by atoms with van der Waals surface area (Å²) in [5.74, 6) is 0.422. The van der Waals surface area contributed by atoms with Crippen LogP contribution in [-0.4, -0.2) is 47.1 Å².